The van der Waals surface area contributed by atoms with Crippen LogP contribution < -0.4 is 4.74 Å². The zero-order valence-corrected chi connectivity index (χ0v) is 13.6. The summed E-state index contributed by atoms with van der Waals surface area (Å²) in [4.78, 5) is 14.1. The zero-order valence-electron chi connectivity index (χ0n) is 12.1. The molecular weight excluding hydrogens is 355 g/mol. The molecule has 2 heterocycles. The Morgan fingerprint density at radius 1 is 1.17 bits per heavy atom. The molecule has 0 bridgehead atoms. The summed E-state index contributed by atoms with van der Waals surface area (Å²) in [5.74, 6) is -0.0299. The van der Waals surface area contributed by atoms with Gasteiger partial charge in [0.05, 0.1) is 10.6 Å². The average molecular weight is 365 g/mol. The highest BCUT2D eigenvalue weighted by Gasteiger charge is 2.19. The van der Waals surface area contributed by atoms with Crippen LogP contribution in [0.5, 0.6) is 5.75 Å². The third kappa shape index (κ3) is 3.47. The number of hydrogen-bond donors (Lipinski definition) is 0. The molecule has 0 saturated heterocycles. The van der Waals surface area contributed by atoms with Crippen LogP contribution >= 0.6 is 23.2 Å². The van der Waals surface area contributed by atoms with Gasteiger partial charge in [-0.15, -0.1) is 0 Å². The summed E-state index contributed by atoms with van der Waals surface area (Å²) < 4.78 is 7.12. The maximum Gasteiger partial charge on any atom is 0.330 e. The third-order valence-electron chi connectivity index (χ3n) is 3.13. The van der Waals surface area contributed by atoms with E-state index in [0.29, 0.717) is 10.7 Å². The Labute approximate surface area is 146 Å². The number of aromatic nitrogens is 3. The van der Waals surface area contributed by atoms with Gasteiger partial charge in [-0.2, -0.15) is 5.10 Å². The first kappa shape index (κ1) is 16.2. The van der Waals surface area contributed by atoms with Crippen LogP contribution in [0.4, 0.5) is 5.69 Å². The molecule has 24 heavy (non-hydrogen) atoms. The Morgan fingerprint density at radius 3 is 2.62 bits per heavy atom. The molecule has 0 amide bonds. The molecule has 0 N–H and O–H groups in total. The molecule has 7 nitrogen and oxygen atoms in total. The SMILES string of the molecule is O=[N+]([O-])c1cncc(Cl)c1OCc1ccn(-c2ccc(Cl)cc2)n1. The van der Waals surface area contributed by atoms with Crippen LogP contribution in [0.15, 0.2) is 48.9 Å². The van der Waals surface area contributed by atoms with Crippen molar-refractivity contribution in [3.05, 3.63) is 74.8 Å². The lowest BCUT2D eigenvalue weighted by atomic mass is 10.3. The Bertz CT molecular complexity index is 881. The minimum Gasteiger partial charge on any atom is -0.479 e. The fraction of sp³-hybridized carbons (Fsp3) is 0.0667. The predicted molar refractivity (Wildman–Crippen MR) is 88.8 cm³/mol. The van der Waals surface area contributed by atoms with Crippen molar-refractivity contribution in [2.45, 2.75) is 6.61 Å². The van der Waals surface area contributed by atoms with E-state index in [1.54, 1.807) is 29.1 Å². The molecule has 0 atom stereocenters. The van der Waals surface area contributed by atoms with E-state index in [1.807, 2.05) is 12.1 Å². The topological polar surface area (TPSA) is 83.1 Å². The lowest BCUT2D eigenvalue weighted by Crippen LogP contribution is -2.02. The Kier molecular flexibility index (Phi) is 4.64. The number of rotatable bonds is 5. The number of hydrogen-bond acceptors (Lipinski definition) is 5. The molecule has 0 fully saturated rings. The van der Waals surface area contributed by atoms with E-state index >= 15 is 0 Å². The first-order chi connectivity index (χ1) is 11.5. The summed E-state index contributed by atoms with van der Waals surface area (Å²) >= 11 is 11.8. The smallest absolute Gasteiger partial charge is 0.330 e. The minimum atomic E-state index is -0.597. The van der Waals surface area contributed by atoms with Crippen molar-refractivity contribution in [1.82, 2.24) is 14.8 Å². The molecule has 0 aliphatic rings. The first-order valence-corrected chi connectivity index (χ1v) is 7.51. The minimum absolute atomic E-state index is 0.0299. The van der Waals surface area contributed by atoms with E-state index in [1.165, 1.54) is 6.20 Å². The van der Waals surface area contributed by atoms with Gasteiger partial charge in [0, 0.05) is 17.4 Å². The maximum atomic E-state index is 11.0. The lowest BCUT2D eigenvalue weighted by molar-refractivity contribution is -0.386. The van der Waals surface area contributed by atoms with Crippen molar-refractivity contribution >= 4 is 28.9 Å². The Morgan fingerprint density at radius 2 is 1.92 bits per heavy atom. The van der Waals surface area contributed by atoms with Crippen LogP contribution in [0.2, 0.25) is 10.0 Å². The second-order valence-electron chi connectivity index (χ2n) is 4.74. The molecule has 0 aliphatic carbocycles. The van der Waals surface area contributed by atoms with E-state index < -0.39 is 4.92 Å². The maximum absolute atomic E-state index is 11.0. The summed E-state index contributed by atoms with van der Waals surface area (Å²) in [7, 11) is 0. The number of halogens is 2. The van der Waals surface area contributed by atoms with E-state index in [0.717, 1.165) is 11.9 Å². The van der Waals surface area contributed by atoms with Crippen LogP contribution in [-0.4, -0.2) is 19.7 Å². The van der Waals surface area contributed by atoms with Crippen LogP contribution in [0.3, 0.4) is 0 Å². The number of pyridine rings is 1. The number of nitro groups is 1. The fourth-order valence-electron chi connectivity index (χ4n) is 2.01. The van der Waals surface area contributed by atoms with Crippen molar-refractivity contribution in [3.63, 3.8) is 0 Å². The van der Waals surface area contributed by atoms with Gasteiger partial charge in [0.15, 0.2) is 0 Å². The second kappa shape index (κ2) is 6.86. The summed E-state index contributed by atoms with van der Waals surface area (Å²) in [6.45, 7) is 0.0329. The second-order valence-corrected chi connectivity index (χ2v) is 5.59. The molecule has 0 aliphatic heterocycles. The normalized spacial score (nSPS) is 10.6. The van der Waals surface area contributed by atoms with E-state index in [4.69, 9.17) is 27.9 Å². The molecule has 0 unspecified atom stereocenters. The Balaban J connectivity index is 1.77. The average Bonchev–Trinajstić information content (AvgIpc) is 3.03. The van der Waals surface area contributed by atoms with Gasteiger partial charge in [-0.1, -0.05) is 23.2 Å². The van der Waals surface area contributed by atoms with Gasteiger partial charge in [0.25, 0.3) is 0 Å². The number of nitrogens with zero attached hydrogens (tertiary/aromatic N) is 4. The van der Waals surface area contributed by atoms with Crippen LogP contribution in [0, 0.1) is 10.1 Å². The highest BCUT2D eigenvalue weighted by Crippen LogP contribution is 2.33. The standard InChI is InChI=1S/C15H10Cl2N4O3/c16-10-1-3-12(4-2-10)20-6-5-11(19-20)9-24-15-13(17)7-18-8-14(15)21(22)23/h1-8H,9H2. The summed E-state index contributed by atoms with van der Waals surface area (Å²) in [5, 5.41) is 16.1. The van der Waals surface area contributed by atoms with Gasteiger partial charge in [0.2, 0.25) is 5.75 Å². The van der Waals surface area contributed by atoms with Crippen molar-refractivity contribution in [2.75, 3.05) is 0 Å². The monoisotopic (exact) mass is 364 g/mol. The molecule has 2 aromatic heterocycles. The quantitative estimate of drug-likeness (QED) is 0.503. The van der Waals surface area contributed by atoms with Crippen LogP contribution in [-0.2, 0) is 6.61 Å². The first-order valence-electron chi connectivity index (χ1n) is 6.76. The fourth-order valence-corrected chi connectivity index (χ4v) is 2.34. The van der Waals surface area contributed by atoms with Gasteiger partial charge in [0.1, 0.15) is 23.5 Å². The number of ether oxygens (including phenoxy) is 1. The largest absolute Gasteiger partial charge is 0.479 e. The predicted octanol–water partition coefficient (Wildman–Crippen LogP) is 4.06. The van der Waals surface area contributed by atoms with Gasteiger partial charge in [-0.05, 0) is 30.3 Å². The molecule has 1 aromatic carbocycles. The molecule has 122 valence electrons. The van der Waals surface area contributed by atoms with E-state index in [2.05, 4.69) is 10.1 Å². The molecule has 0 radical (unpaired) electrons. The molecule has 0 spiro atoms. The molecule has 9 heteroatoms. The molecule has 3 rings (SSSR count). The van der Waals surface area contributed by atoms with Gasteiger partial charge >= 0.3 is 5.69 Å². The Hall–Kier alpha value is -2.64. The van der Waals surface area contributed by atoms with Crippen molar-refractivity contribution in [1.29, 1.82) is 0 Å². The van der Waals surface area contributed by atoms with Crippen molar-refractivity contribution < 1.29 is 9.66 Å². The van der Waals surface area contributed by atoms with Gasteiger partial charge < -0.3 is 4.74 Å². The summed E-state index contributed by atoms with van der Waals surface area (Å²) in [5.41, 5.74) is 1.13. The van der Waals surface area contributed by atoms with Crippen molar-refractivity contribution in [2.24, 2.45) is 0 Å². The number of benzene rings is 1. The van der Waals surface area contributed by atoms with Crippen LogP contribution in [0.25, 0.3) is 5.69 Å². The van der Waals surface area contributed by atoms with E-state index in [9.17, 15) is 10.1 Å². The highest BCUT2D eigenvalue weighted by molar-refractivity contribution is 6.32. The van der Waals surface area contributed by atoms with Crippen LogP contribution in [0.1, 0.15) is 5.69 Å². The molecular formula is C15H10Cl2N4O3. The molecule has 0 saturated carbocycles. The van der Waals surface area contributed by atoms with E-state index in [-0.39, 0.29) is 23.1 Å². The highest BCUT2D eigenvalue weighted by atomic mass is 35.5. The summed E-state index contributed by atoms with van der Waals surface area (Å²) in [6.07, 6.45) is 4.13. The zero-order chi connectivity index (χ0) is 17.1. The van der Waals surface area contributed by atoms with Gasteiger partial charge in [-0.25, -0.2) is 4.68 Å². The van der Waals surface area contributed by atoms with Gasteiger partial charge in [-0.3, -0.25) is 15.1 Å². The summed E-state index contributed by atoms with van der Waals surface area (Å²) in [6, 6.07) is 8.91. The third-order valence-corrected chi connectivity index (χ3v) is 3.65. The lowest BCUT2D eigenvalue weighted by Gasteiger charge is -2.06. The van der Waals surface area contributed by atoms with Crippen molar-refractivity contribution in [3.8, 4) is 11.4 Å². The molecule has 3 aromatic rings.